The number of amides is 1. The minimum absolute atomic E-state index is 0.0454. The summed E-state index contributed by atoms with van der Waals surface area (Å²) in [7, 11) is 0. The van der Waals surface area contributed by atoms with Gasteiger partial charge in [0.1, 0.15) is 0 Å². The van der Waals surface area contributed by atoms with E-state index < -0.39 is 5.60 Å². The Bertz CT molecular complexity index is 212. The number of hydrogen-bond donors (Lipinski definition) is 2. The zero-order valence-electron chi connectivity index (χ0n) is 9.58. The first kappa shape index (κ1) is 12.5. The molecular weight excluding hydrogens is 194 g/mol. The molecule has 0 spiro atoms. The summed E-state index contributed by atoms with van der Waals surface area (Å²) in [5.41, 5.74) is -0.630. The fourth-order valence-electron chi connectivity index (χ4n) is 1.50. The Hall–Kier alpha value is -0.610. The van der Waals surface area contributed by atoms with Crippen LogP contribution in [0.25, 0.3) is 0 Å². The number of carbonyl (C=O) groups is 1. The third kappa shape index (κ3) is 4.62. The Kier molecular flexibility index (Phi) is 4.54. The molecule has 0 aromatic heterocycles. The van der Waals surface area contributed by atoms with Crippen LogP contribution in [-0.4, -0.2) is 35.9 Å². The van der Waals surface area contributed by atoms with Gasteiger partial charge >= 0.3 is 0 Å². The monoisotopic (exact) mass is 215 g/mol. The fraction of sp³-hybridized carbons (Fsp3) is 0.909. The number of rotatable bonds is 6. The number of hydrogen-bond acceptors (Lipinski definition) is 3. The lowest BCUT2D eigenvalue weighted by molar-refractivity contribution is -0.124. The summed E-state index contributed by atoms with van der Waals surface area (Å²) in [5.74, 6) is -0.0454. The van der Waals surface area contributed by atoms with Gasteiger partial charge in [-0.15, -0.1) is 0 Å². The summed E-state index contributed by atoms with van der Waals surface area (Å²) in [6.07, 6.45) is 3.19. The Morgan fingerprint density at radius 1 is 1.53 bits per heavy atom. The zero-order valence-corrected chi connectivity index (χ0v) is 9.58. The molecule has 0 radical (unpaired) electrons. The van der Waals surface area contributed by atoms with Crippen molar-refractivity contribution in [3.63, 3.8) is 0 Å². The van der Waals surface area contributed by atoms with Gasteiger partial charge in [0, 0.05) is 13.0 Å². The topological polar surface area (TPSA) is 58.6 Å². The van der Waals surface area contributed by atoms with Crippen molar-refractivity contribution in [2.45, 2.75) is 51.2 Å². The van der Waals surface area contributed by atoms with Crippen molar-refractivity contribution in [3.8, 4) is 0 Å². The van der Waals surface area contributed by atoms with Gasteiger partial charge in [-0.05, 0) is 33.1 Å². The molecule has 0 aromatic carbocycles. The summed E-state index contributed by atoms with van der Waals surface area (Å²) >= 11 is 0. The van der Waals surface area contributed by atoms with Crippen LogP contribution in [0, 0.1) is 0 Å². The van der Waals surface area contributed by atoms with E-state index in [1.54, 1.807) is 0 Å². The number of nitrogens with one attached hydrogen (secondary N) is 1. The summed E-state index contributed by atoms with van der Waals surface area (Å²) in [6.45, 7) is 4.71. The zero-order chi connectivity index (χ0) is 11.3. The Balaban J connectivity index is 2.03. The molecule has 0 unspecified atom stereocenters. The molecule has 0 aromatic rings. The Labute approximate surface area is 91.0 Å². The molecule has 1 amide bonds. The second-order valence-corrected chi connectivity index (χ2v) is 4.52. The van der Waals surface area contributed by atoms with E-state index in [9.17, 15) is 9.90 Å². The Morgan fingerprint density at radius 2 is 2.20 bits per heavy atom. The maximum atomic E-state index is 11.3. The van der Waals surface area contributed by atoms with E-state index in [1.165, 1.54) is 0 Å². The van der Waals surface area contributed by atoms with E-state index in [1.807, 2.05) is 13.8 Å². The summed E-state index contributed by atoms with van der Waals surface area (Å²) < 4.78 is 5.26. The molecule has 0 atom stereocenters. The molecule has 0 saturated heterocycles. The van der Waals surface area contributed by atoms with Crippen molar-refractivity contribution in [2.75, 3.05) is 13.2 Å². The Morgan fingerprint density at radius 3 is 2.67 bits per heavy atom. The summed E-state index contributed by atoms with van der Waals surface area (Å²) in [5, 5.41) is 12.5. The second kappa shape index (κ2) is 5.47. The van der Waals surface area contributed by atoms with Crippen LogP contribution in [-0.2, 0) is 9.53 Å². The van der Waals surface area contributed by atoms with Crippen LogP contribution in [0.15, 0.2) is 0 Å². The van der Waals surface area contributed by atoms with Crippen molar-refractivity contribution in [2.24, 2.45) is 0 Å². The van der Waals surface area contributed by atoms with Crippen LogP contribution in [0.4, 0.5) is 0 Å². The molecule has 1 rings (SSSR count). The molecule has 88 valence electrons. The van der Waals surface area contributed by atoms with Crippen LogP contribution in [0.3, 0.4) is 0 Å². The lowest BCUT2D eigenvalue weighted by atomic mass is 9.80. The molecule has 4 nitrogen and oxygen atoms in total. The largest absolute Gasteiger partial charge is 0.388 e. The van der Waals surface area contributed by atoms with Gasteiger partial charge in [-0.3, -0.25) is 4.79 Å². The first-order chi connectivity index (χ1) is 7.02. The smallest absolute Gasteiger partial charge is 0.222 e. The third-order valence-corrected chi connectivity index (χ3v) is 2.68. The van der Waals surface area contributed by atoms with Crippen molar-refractivity contribution >= 4 is 5.91 Å². The minimum Gasteiger partial charge on any atom is -0.388 e. The quantitative estimate of drug-likeness (QED) is 0.690. The molecule has 1 fully saturated rings. The molecule has 4 heteroatoms. The van der Waals surface area contributed by atoms with Gasteiger partial charge in [-0.25, -0.2) is 0 Å². The lowest BCUT2D eigenvalue weighted by Crippen LogP contribution is -2.47. The third-order valence-electron chi connectivity index (χ3n) is 2.68. The van der Waals surface area contributed by atoms with Gasteiger partial charge in [0.25, 0.3) is 0 Å². The average molecular weight is 215 g/mol. The van der Waals surface area contributed by atoms with Crippen LogP contribution in [0.5, 0.6) is 0 Å². The van der Waals surface area contributed by atoms with Gasteiger partial charge in [-0.2, -0.15) is 0 Å². The van der Waals surface area contributed by atoms with Crippen LogP contribution < -0.4 is 5.32 Å². The highest BCUT2D eigenvalue weighted by molar-refractivity contribution is 5.76. The summed E-state index contributed by atoms with van der Waals surface area (Å²) in [4.78, 5) is 11.3. The van der Waals surface area contributed by atoms with Crippen molar-refractivity contribution in [1.29, 1.82) is 0 Å². The molecule has 0 bridgehead atoms. The van der Waals surface area contributed by atoms with Crippen molar-refractivity contribution in [1.82, 2.24) is 5.32 Å². The van der Waals surface area contributed by atoms with E-state index in [2.05, 4.69) is 5.32 Å². The van der Waals surface area contributed by atoms with Gasteiger partial charge in [0.15, 0.2) is 0 Å². The van der Waals surface area contributed by atoms with E-state index in [0.717, 1.165) is 19.3 Å². The van der Waals surface area contributed by atoms with Gasteiger partial charge in [0.2, 0.25) is 5.91 Å². The number of ether oxygens (including phenoxy) is 1. The lowest BCUT2D eigenvalue weighted by Gasteiger charge is -2.36. The van der Waals surface area contributed by atoms with E-state index in [-0.39, 0.29) is 12.0 Å². The first-order valence-electron chi connectivity index (χ1n) is 5.62. The highest BCUT2D eigenvalue weighted by Crippen LogP contribution is 2.30. The van der Waals surface area contributed by atoms with E-state index in [0.29, 0.717) is 19.6 Å². The van der Waals surface area contributed by atoms with Crippen LogP contribution in [0.2, 0.25) is 0 Å². The van der Waals surface area contributed by atoms with Gasteiger partial charge in [-0.1, -0.05) is 0 Å². The van der Waals surface area contributed by atoms with Crippen molar-refractivity contribution in [3.05, 3.63) is 0 Å². The van der Waals surface area contributed by atoms with Crippen LogP contribution in [0.1, 0.15) is 39.5 Å². The van der Waals surface area contributed by atoms with Gasteiger partial charge in [0.05, 0.1) is 18.3 Å². The van der Waals surface area contributed by atoms with Gasteiger partial charge < -0.3 is 15.2 Å². The molecule has 1 saturated carbocycles. The maximum absolute atomic E-state index is 11.3. The highest BCUT2D eigenvalue weighted by Gasteiger charge is 2.34. The molecule has 15 heavy (non-hydrogen) atoms. The number of carbonyl (C=O) groups excluding carboxylic acids is 1. The SMILES string of the molecule is CC(C)OCCC(=O)NCC1(O)CCC1. The molecule has 0 heterocycles. The van der Waals surface area contributed by atoms with E-state index in [4.69, 9.17) is 4.74 Å². The second-order valence-electron chi connectivity index (χ2n) is 4.52. The van der Waals surface area contributed by atoms with E-state index >= 15 is 0 Å². The highest BCUT2D eigenvalue weighted by atomic mass is 16.5. The molecular formula is C11H21NO3. The predicted octanol–water partition coefficient (Wildman–Crippen LogP) is 0.833. The first-order valence-corrected chi connectivity index (χ1v) is 5.62. The molecule has 1 aliphatic carbocycles. The average Bonchev–Trinajstić information content (AvgIpc) is 2.11. The summed E-state index contributed by atoms with van der Waals surface area (Å²) in [6, 6.07) is 0. The predicted molar refractivity (Wildman–Crippen MR) is 57.5 cm³/mol. The maximum Gasteiger partial charge on any atom is 0.222 e. The molecule has 2 N–H and O–H groups in total. The molecule has 0 aliphatic heterocycles. The fourth-order valence-corrected chi connectivity index (χ4v) is 1.50. The van der Waals surface area contributed by atoms with Crippen LogP contribution >= 0.6 is 0 Å². The number of aliphatic hydroxyl groups is 1. The molecule has 1 aliphatic rings. The minimum atomic E-state index is -0.630. The standard InChI is InChI=1S/C11H21NO3/c1-9(2)15-7-4-10(13)12-8-11(14)5-3-6-11/h9,14H,3-8H2,1-2H3,(H,12,13). The van der Waals surface area contributed by atoms with Crippen molar-refractivity contribution < 1.29 is 14.6 Å². The normalized spacial score (nSPS) is 18.7.